The normalized spacial score (nSPS) is 13.0. The molecule has 0 aliphatic heterocycles. The number of halogens is 1. The van der Waals surface area contributed by atoms with Gasteiger partial charge in [-0.15, -0.1) is 0 Å². The highest BCUT2D eigenvalue weighted by Gasteiger charge is 2.09. The molecule has 0 radical (unpaired) electrons. The van der Waals surface area contributed by atoms with Crippen LogP contribution in [0.2, 0.25) is 5.02 Å². The van der Waals surface area contributed by atoms with Gasteiger partial charge in [0.05, 0.1) is 6.20 Å². The number of nitrogens with zero attached hydrogens (tertiary/aromatic N) is 4. The molecule has 0 fully saturated rings. The van der Waals surface area contributed by atoms with E-state index in [1.807, 2.05) is 26.0 Å². The summed E-state index contributed by atoms with van der Waals surface area (Å²) in [4.78, 5) is 25.4. The molecule has 10 heteroatoms. The first kappa shape index (κ1) is 18.8. The number of aromatic amines is 2. The van der Waals surface area contributed by atoms with Gasteiger partial charge in [-0.05, 0) is 38.1 Å². The number of aromatic hydroxyl groups is 1. The van der Waals surface area contributed by atoms with E-state index in [4.69, 9.17) is 11.6 Å². The lowest BCUT2D eigenvalue weighted by Crippen LogP contribution is -2.20. The maximum atomic E-state index is 11.4. The molecule has 9 nitrogen and oxygen atoms in total. The number of H-pyrrole nitrogens is 2. The predicted octanol–water partition coefficient (Wildman–Crippen LogP) is 1.71. The fourth-order valence-corrected chi connectivity index (χ4v) is 3.04. The standard InChI is InChI=1S/C19H18ClN7O2/c1-10(2)22-16-8-15(23-13-5-3-4-12(20)7-13)25-17-11(9-21-27(16)17)6-14-18(28)26-19(29)24-14/h3-10,23,28H,1-2H3,(H2,24,26,29). The van der Waals surface area contributed by atoms with Crippen LogP contribution in [0.3, 0.4) is 0 Å². The van der Waals surface area contributed by atoms with Crippen molar-refractivity contribution in [3.8, 4) is 5.88 Å². The summed E-state index contributed by atoms with van der Waals surface area (Å²) >= 11 is 6.07. The van der Waals surface area contributed by atoms with Crippen molar-refractivity contribution in [2.24, 2.45) is 4.99 Å². The van der Waals surface area contributed by atoms with E-state index in [0.717, 1.165) is 5.69 Å². The van der Waals surface area contributed by atoms with Gasteiger partial charge in [-0.25, -0.2) is 9.78 Å². The molecule has 0 unspecified atom stereocenters. The van der Waals surface area contributed by atoms with E-state index in [-0.39, 0.29) is 17.6 Å². The molecule has 0 spiro atoms. The van der Waals surface area contributed by atoms with Gasteiger partial charge in [-0.3, -0.25) is 9.98 Å². The summed E-state index contributed by atoms with van der Waals surface area (Å²) in [6.45, 7) is 3.94. The second-order valence-electron chi connectivity index (χ2n) is 6.68. The molecule has 0 saturated carbocycles. The largest absolute Gasteiger partial charge is 0.493 e. The van der Waals surface area contributed by atoms with Gasteiger partial charge < -0.3 is 15.4 Å². The molecule has 0 atom stereocenters. The number of anilines is 2. The Labute approximate surface area is 169 Å². The van der Waals surface area contributed by atoms with Crippen LogP contribution in [-0.2, 0) is 0 Å². The number of fused-ring (bicyclic) bond motifs is 1. The van der Waals surface area contributed by atoms with Gasteiger partial charge in [0.2, 0.25) is 5.88 Å². The highest BCUT2D eigenvalue weighted by molar-refractivity contribution is 6.30. The van der Waals surface area contributed by atoms with Crippen LogP contribution in [0, 0.1) is 0 Å². The Morgan fingerprint density at radius 1 is 1.31 bits per heavy atom. The van der Waals surface area contributed by atoms with Crippen molar-refractivity contribution in [1.29, 1.82) is 0 Å². The number of aromatic nitrogens is 5. The van der Waals surface area contributed by atoms with Crippen molar-refractivity contribution in [2.45, 2.75) is 19.9 Å². The van der Waals surface area contributed by atoms with Crippen molar-refractivity contribution in [3.05, 3.63) is 68.4 Å². The summed E-state index contributed by atoms with van der Waals surface area (Å²) in [5, 5.41) is 18.6. The second kappa shape index (κ2) is 7.44. The van der Waals surface area contributed by atoms with Crippen LogP contribution in [0.4, 0.5) is 11.5 Å². The first-order valence-electron chi connectivity index (χ1n) is 8.87. The number of imidazole rings is 1. The van der Waals surface area contributed by atoms with E-state index in [1.54, 1.807) is 35.0 Å². The summed E-state index contributed by atoms with van der Waals surface area (Å²) in [5.41, 5.74) is 1.64. The average Bonchev–Trinajstić information content (AvgIpc) is 3.18. The van der Waals surface area contributed by atoms with Crippen LogP contribution >= 0.6 is 11.6 Å². The van der Waals surface area contributed by atoms with Crippen molar-refractivity contribution in [2.75, 3.05) is 5.32 Å². The Balaban J connectivity index is 1.92. The van der Waals surface area contributed by atoms with Gasteiger partial charge in [0, 0.05) is 28.0 Å². The van der Waals surface area contributed by atoms with Gasteiger partial charge in [0.15, 0.2) is 11.1 Å². The Morgan fingerprint density at radius 3 is 2.83 bits per heavy atom. The molecular weight excluding hydrogens is 394 g/mol. The van der Waals surface area contributed by atoms with Gasteiger partial charge in [-0.1, -0.05) is 17.7 Å². The zero-order chi connectivity index (χ0) is 20.5. The van der Waals surface area contributed by atoms with Crippen LogP contribution in [0.25, 0.3) is 11.7 Å². The molecule has 0 bridgehead atoms. The zero-order valence-electron chi connectivity index (χ0n) is 15.6. The topological polar surface area (TPSA) is 123 Å². The molecular formula is C19H18ClN7O2. The van der Waals surface area contributed by atoms with Crippen LogP contribution in [-0.4, -0.2) is 35.7 Å². The van der Waals surface area contributed by atoms with Crippen molar-refractivity contribution in [1.82, 2.24) is 24.6 Å². The SMILES string of the molecule is CC(C)N=c1cc(Nc2cccc(Cl)c2)nc2c(=Cc3[nH]c(=O)[nH]c3O)cnn12. The highest BCUT2D eigenvalue weighted by Crippen LogP contribution is 2.18. The molecule has 3 aromatic heterocycles. The van der Waals surface area contributed by atoms with E-state index in [1.165, 1.54) is 0 Å². The van der Waals surface area contributed by atoms with Gasteiger partial charge in [0.25, 0.3) is 0 Å². The van der Waals surface area contributed by atoms with E-state index < -0.39 is 5.69 Å². The summed E-state index contributed by atoms with van der Waals surface area (Å²) in [7, 11) is 0. The first-order valence-corrected chi connectivity index (χ1v) is 9.25. The molecule has 0 amide bonds. The molecule has 0 saturated heterocycles. The van der Waals surface area contributed by atoms with Crippen LogP contribution in [0.15, 0.2) is 46.3 Å². The minimum absolute atomic E-state index is 0.0429. The first-order chi connectivity index (χ1) is 13.9. The van der Waals surface area contributed by atoms with E-state index in [0.29, 0.717) is 27.2 Å². The highest BCUT2D eigenvalue weighted by atomic mass is 35.5. The number of nitrogens with one attached hydrogen (secondary N) is 3. The van der Waals surface area contributed by atoms with Crippen molar-refractivity contribution < 1.29 is 5.11 Å². The van der Waals surface area contributed by atoms with Crippen molar-refractivity contribution in [3.63, 3.8) is 0 Å². The van der Waals surface area contributed by atoms with Crippen LogP contribution in [0.5, 0.6) is 5.88 Å². The van der Waals surface area contributed by atoms with E-state index >= 15 is 0 Å². The Bertz CT molecular complexity index is 1370. The Hall–Kier alpha value is -3.59. The maximum absolute atomic E-state index is 11.4. The van der Waals surface area contributed by atoms with E-state index in [2.05, 4.69) is 30.4 Å². The van der Waals surface area contributed by atoms with Gasteiger partial charge >= 0.3 is 5.69 Å². The van der Waals surface area contributed by atoms with Crippen LogP contribution < -0.4 is 21.7 Å². The Morgan fingerprint density at radius 2 is 2.14 bits per heavy atom. The quantitative estimate of drug-likeness (QED) is 0.407. The van der Waals surface area contributed by atoms with Gasteiger partial charge in [0.1, 0.15) is 11.5 Å². The average molecular weight is 412 g/mol. The molecule has 4 rings (SSSR count). The lowest BCUT2D eigenvalue weighted by atomic mass is 10.3. The lowest BCUT2D eigenvalue weighted by Gasteiger charge is -2.07. The summed E-state index contributed by atoms with van der Waals surface area (Å²) in [6, 6.07) is 9.13. The molecule has 3 heterocycles. The Kier molecular flexibility index (Phi) is 4.81. The summed E-state index contributed by atoms with van der Waals surface area (Å²) < 4.78 is 1.61. The minimum atomic E-state index is -0.503. The smallest absolute Gasteiger partial charge is 0.326 e. The third kappa shape index (κ3) is 3.99. The lowest BCUT2D eigenvalue weighted by molar-refractivity contribution is 0.454. The fourth-order valence-electron chi connectivity index (χ4n) is 2.85. The second-order valence-corrected chi connectivity index (χ2v) is 7.12. The summed E-state index contributed by atoms with van der Waals surface area (Å²) in [6.07, 6.45) is 3.18. The molecule has 1 aromatic carbocycles. The third-order valence-corrected chi connectivity index (χ3v) is 4.24. The van der Waals surface area contributed by atoms with Crippen LogP contribution in [0.1, 0.15) is 19.5 Å². The number of benzene rings is 1. The third-order valence-electron chi connectivity index (χ3n) is 4.00. The number of hydrogen-bond acceptors (Lipinski definition) is 6. The molecule has 4 N–H and O–H groups in total. The maximum Gasteiger partial charge on any atom is 0.326 e. The predicted molar refractivity (Wildman–Crippen MR) is 110 cm³/mol. The molecule has 148 valence electrons. The molecule has 0 aliphatic carbocycles. The minimum Gasteiger partial charge on any atom is -0.493 e. The zero-order valence-corrected chi connectivity index (χ0v) is 16.4. The monoisotopic (exact) mass is 411 g/mol. The molecule has 29 heavy (non-hydrogen) atoms. The molecule has 0 aliphatic rings. The number of hydrogen-bond donors (Lipinski definition) is 4. The van der Waals surface area contributed by atoms with E-state index in [9.17, 15) is 9.90 Å². The summed E-state index contributed by atoms with van der Waals surface area (Å²) in [5.74, 6) is 0.302. The fraction of sp³-hybridized carbons (Fsp3) is 0.158. The van der Waals surface area contributed by atoms with Crippen molar-refractivity contribution >= 4 is 34.8 Å². The number of rotatable bonds is 4. The molecule has 4 aromatic rings. The van der Waals surface area contributed by atoms with Gasteiger partial charge in [-0.2, -0.15) is 9.61 Å².